The first-order valence-electron chi connectivity index (χ1n) is 21.7. The molecule has 0 aromatic heterocycles. The SMILES string of the molecule is C[Si](C)(C)O[Si](C)(C)O[Si](C)(C)O[Si](C)(C)O[Si](C)(C)O[Si](C)(C)O[Si](C)(C)O[Si](C)(C)O[Si](C)(C)O[Si](C)(C)O[Si](C)(C)O[Si](C)(C)O[Si](C)(C)O[Si](C)(C)O[Si](C)(C)C. The molecule has 29 heteroatoms. The van der Waals surface area contributed by atoms with Gasteiger partial charge in [0.2, 0.25) is 0 Å². The molecule has 0 aromatic carbocycles. The van der Waals surface area contributed by atoms with Crippen LogP contribution in [0.25, 0.3) is 0 Å². The van der Waals surface area contributed by atoms with Crippen LogP contribution < -0.4 is 0 Å². The molecule has 0 fully saturated rings. The molecule has 0 aliphatic carbocycles. The molecule has 0 N–H and O–H groups in total. The van der Waals surface area contributed by atoms with E-state index in [2.05, 4.69) is 210 Å². The van der Waals surface area contributed by atoms with Crippen LogP contribution in [0.4, 0.5) is 0 Å². The van der Waals surface area contributed by atoms with Crippen molar-refractivity contribution in [1.29, 1.82) is 0 Å². The number of hydrogen-bond donors (Lipinski definition) is 0. The summed E-state index contributed by atoms with van der Waals surface area (Å²) < 4.78 is 94.4. The molecular weight excluding hydrogens is 1030 g/mol. The second kappa shape index (κ2) is 21.0. The largest absolute Gasteiger partial charge is 0.437 e. The summed E-state index contributed by atoms with van der Waals surface area (Å²) in [5.41, 5.74) is 0. The molecular formula is C32H96O14Si15. The third kappa shape index (κ3) is 30.7. The van der Waals surface area contributed by atoms with Gasteiger partial charge in [0.25, 0.3) is 0 Å². The molecule has 61 heavy (non-hydrogen) atoms. The summed E-state index contributed by atoms with van der Waals surface area (Å²) in [7, 11) is -38.1. The summed E-state index contributed by atoms with van der Waals surface area (Å²) in [6, 6.07) is 0. The average Bonchev–Trinajstić information content (AvgIpc) is 2.68. The van der Waals surface area contributed by atoms with E-state index in [9.17, 15) is 0 Å². The summed E-state index contributed by atoms with van der Waals surface area (Å²) in [5, 5.41) is 0. The van der Waals surface area contributed by atoms with Crippen molar-refractivity contribution in [1.82, 2.24) is 0 Å². The fourth-order valence-electron chi connectivity index (χ4n) is 8.85. The van der Waals surface area contributed by atoms with E-state index >= 15 is 0 Å². The van der Waals surface area contributed by atoms with Gasteiger partial charge in [0, 0.05) is 0 Å². The predicted molar refractivity (Wildman–Crippen MR) is 289 cm³/mol. The predicted octanol–water partition coefficient (Wildman–Crippen LogP) is 12.0. The van der Waals surface area contributed by atoms with Gasteiger partial charge in [-0.15, -0.1) is 0 Å². The molecule has 0 heterocycles. The minimum atomic E-state index is -2.78. The topological polar surface area (TPSA) is 129 Å². The lowest BCUT2D eigenvalue weighted by Crippen LogP contribution is -2.63. The molecule has 368 valence electrons. The number of hydrogen-bond acceptors (Lipinski definition) is 14. The molecule has 0 aliphatic heterocycles. The summed E-state index contributed by atoms with van der Waals surface area (Å²) in [4.78, 5) is 0. The van der Waals surface area contributed by atoms with E-state index in [1.165, 1.54) is 0 Å². The van der Waals surface area contributed by atoms with Crippen LogP contribution in [0.5, 0.6) is 0 Å². The highest BCUT2D eigenvalue weighted by atomic mass is 28.5. The molecule has 0 unspecified atom stereocenters. The Kier molecular flexibility index (Phi) is 21.9. The maximum Gasteiger partial charge on any atom is 0.314 e. The highest BCUT2D eigenvalue weighted by Gasteiger charge is 2.52. The standard InChI is InChI=1S/C32H96O14Si15/c1-47(2,3)33-49(7,8)35-51(11,12)37-53(15,16)39-55(19,20)41-57(23,24)43-59(27,28)45-61(31,32)46-60(29,30)44-58(25,26)42-56(21,22)40-54(17,18)38-52(13,14)36-50(9,10)34-48(4,5)6/h1-32H3. The van der Waals surface area contributed by atoms with Gasteiger partial charge in [-0.2, -0.15) is 0 Å². The lowest BCUT2D eigenvalue weighted by Gasteiger charge is -2.45. The molecule has 0 saturated heterocycles. The smallest absolute Gasteiger partial charge is 0.314 e. The summed E-state index contributed by atoms with van der Waals surface area (Å²) >= 11 is 0. The van der Waals surface area contributed by atoms with Crippen molar-refractivity contribution in [2.24, 2.45) is 0 Å². The Hall–Kier alpha value is 2.69. The molecule has 0 bridgehead atoms. The zero-order valence-electron chi connectivity index (χ0n) is 45.2. The monoisotopic (exact) mass is 1120 g/mol. The Labute approximate surface area is 392 Å². The van der Waals surface area contributed by atoms with Crippen LogP contribution >= 0.6 is 0 Å². The van der Waals surface area contributed by atoms with Crippen molar-refractivity contribution in [3.8, 4) is 0 Å². The summed E-state index contributed by atoms with van der Waals surface area (Å²) in [5.74, 6) is 0. The van der Waals surface area contributed by atoms with Gasteiger partial charge in [-0.3, -0.25) is 0 Å². The molecule has 0 saturated carbocycles. The van der Waals surface area contributed by atoms with E-state index in [0.29, 0.717) is 0 Å². The van der Waals surface area contributed by atoms with Gasteiger partial charge in [-0.1, -0.05) is 0 Å². The fraction of sp³-hybridized carbons (Fsp3) is 1.00. The van der Waals surface area contributed by atoms with Gasteiger partial charge >= 0.3 is 111 Å². The van der Waals surface area contributed by atoms with Crippen molar-refractivity contribution >= 4 is 128 Å². The highest BCUT2D eigenvalue weighted by Crippen LogP contribution is 2.32. The first-order chi connectivity index (χ1) is 25.9. The van der Waals surface area contributed by atoms with E-state index in [-0.39, 0.29) is 0 Å². The Morgan fingerprint density at radius 2 is 0.180 bits per heavy atom. The Balaban J connectivity index is 5.68. The zero-order valence-corrected chi connectivity index (χ0v) is 60.2. The molecule has 0 spiro atoms. The maximum absolute atomic E-state index is 6.87. The first kappa shape index (κ1) is 63.7. The van der Waals surface area contributed by atoms with Crippen molar-refractivity contribution in [3.63, 3.8) is 0 Å². The quantitative estimate of drug-likeness (QED) is 0.0689. The van der Waals surface area contributed by atoms with Gasteiger partial charge in [0.15, 0.2) is 16.6 Å². The van der Waals surface area contributed by atoms with Crippen molar-refractivity contribution < 1.29 is 57.6 Å². The normalized spacial score (nSPS) is 16.1. The van der Waals surface area contributed by atoms with Crippen LogP contribution in [0.1, 0.15) is 0 Å². The lowest BCUT2D eigenvalue weighted by molar-refractivity contribution is 0.251. The van der Waals surface area contributed by atoms with Crippen molar-refractivity contribution in [3.05, 3.63) is 0 Å². The van der Waals surface area contributed by atoms with Crippen LogP contribution in [-0.2, 0) is 57.6 Å². The Bertz CT molecular complexity index is 1310. The second-order valence-corrected chi connectivity index (χ2v) is 80.1. The average molecular weight is 1130 g/mol. The van der Waals surface area contributed by atoms with Crippen LogP contribution in [0.15, 0.2) is 0 Å². The zero-order chi connectivity index (χ0) is 49.4. The summed E-state index contributed by atoms with van der Waals surface area (Å²) in [6.07, 6.45) is 0. The highest BCUT2D eigenvalue weighted by molar-refractivity contribution is 6.94. The van der Waals surface area contributed by atoms with E-state index in [0.717, 1.165) is 0 Å². The van der Waals surface area contributed by atoms with Gasteiger partial charge in [0.1, 0.15) is 0 Å². The molecule has 0 aromatic rings. The summed E-state index contributed by atoms with van der Waals surface area (Å²) in [6.45, 7) is 67.1. The molecule has 0 amide bonds. The maximum atomic E-state index is 6.87. The Morgan fingerprint density at radius 1 is 0.115 bits per heavy atom. The van der Waals surface area contributed by atoms with Gasteiger partial charge in [-0.05, 0) is 210 Å². The molecule has 0 radical (unpaired) electrons. The van der Waals surface area contributed by atoms with Gasteiger partial charge < -0.3 is 57.6 Å². The van der Waals surface area contributed by atoms with Crippen LogP contribution in [0.2, 0.25) is 210 Å². The third-order valence-electron chi connectivity index (χ3n) is 7.00. The van der Waals surface area contributed by atoms with E-state index in [1.54, 1.807) is 0 Å². The van der Waals surface area contributed by atoms with Crippen LogP contribution in [0.3, 0.4) is 0 Å². The van der Waals surface area contributed by atoms with Crippen molar-refractivity contribution in [2.45, 2.75) is 210 Å². The van der Waals surface area contributed by atoms with Crippen LogP contribution in [0, 0.1) is 0 Å². The molecule has 0 aliphatic rings. The lowest BCUT2D eigenvalue weighted by atomic mass is 11.8. The minimum Gasteiger partial charge on any atom is -0.437 e. The van der Waals surface area contributed by atoms with Gasteiger partial charge in [0.05, 0.1) is 0 Å². The van der Waals surface area contributed by atoms with E-state index < -0.39 is 128 Å². The molecule has 0 atom stereocenters. The minimum absolute atomic E-state index is 1.77. The van der Waals surface area contributed by atoms with E-state index in [1.807, 2.05) is 0 Å². The first-order valence-corrected chi connectivity index (χ1v) is 65.1. The molecule has 0 rings (SSSR count). The Morgan fingerprint density at radius 3 is 0.246 bits per heavy atom. The van der Waals surface area contributed by atoms with Crippen LogP contribution in [-0.4, -0.2) is 128 Å². The number of rotatable bonds is 28. The second-order valence-electron chi connectivity index (χ2n) is 23.9. The van der Waals surface area contributed by atoms with Gasteiger partial charge in [-0.25, -0.2) is 0 Å². The van der Waals surface area contributed by atoms with Crippen molar-refractivity contribution in [2.75, 3.05) is 0 Å². The fourth-order valence-corrected chi connectivity index (χ4v) is 84.5. The third-order valence-corrected chi connectivity index (χ3v) is 63.0. The van der Waals surface area contributed by atoms with E-state index in [4.69, 9.17) is 57.6 Å². The molecule has 14 nitrogen and oxygen atoms in total.